The van der Waals surface area contributed by atoms with E-state index in [1.165, 1.54) is 36.5 Å². The number of hydrogen-bond donors (Lipinski definition) is 1. The first-order chi connectivity index (χ1) is 17.9. The van der Waals surface area contributed by atoms with Crippen molar-refractivity contribution in [3.05, 3.63) is 67.9 Å². The van der Waals surface area contributed by atoms with Crippen LogP contribution in [0.5, 0.6) is 0 Å². The van der Waals surface area contributed by atoms with Crippen LogP contribution >= 0.6 is 27.3 Å². The zero-order valence-electron chi connectivity index (χ0n) is 22.9. The van der Waals surface area contributed by atoms with Crippen molar-refractivity contribution < 1.29 is 9.59 Å². The molecule has 2 aliphatic rings. The van der Waals surface area contributed by atoms with Gasteiger partial charge in [-0.15, -0.1) is 11.3 Å². The molecule has 5 nitrogen and oxygen atoms in total. The molecule has 1 fully saturated rings. The summed E-state index contributed by atoms with van der Waals surface area (Å²) in [6.45, 7) is 12.2. The number of thiazole rings is 1. The van der Waals surface area contributed by atoms with Crippen LogP contribution in [0.1, 0.15) is 92.7 Å². The Kier molecular flexibility index (Phi) is 7.29. The predicted molar refractivity (Wildman–Crippen MR) is 159 cm³/mol. The number of nitrogens with one attached hydrogen (secondary N) is 1. The molecular formula is C31H36BrN3O2S. The Morgan fingerprint density at radius 2 is 1.68 bits per heavy atom. The Bertz CT molecular complexity index is 1390. The molecule has 0 radical (unpaired) electrons. The first-order valence-electron chi connectivity index (χ1n) is 13.4. The maximum Gasteiger partial charge on any atom is 0.256 e. The number of carbonyl (C=O) groups excluding carboxylic acids is 2. The van der Waals surface area contributed by atoms with Crippen molar-refractivity contribution >= 4 is 44.8 Å². The highest BCUT2D eigenvalue weighted by atomic mass is 79.9. The zero-order chi connectivity index (χ0) is 27.2. The van der Waals surface area contributed by atoms with Crippen LogP contribution in [-0.4, -0.2) is 34.8 Å². The van der Waals surface area contributed by atoms with E-state index in [9.17, 15) is 9.59 Å². The van der Waals surface area contributed by atoms with Crippen molar-refractivity contribution in [2.24, 2.45) is 0 Å². The predicted octanol–water partition coefficient (Wildman–Crippen LogP) is 7.90. The molecule has 7 heteroatoms. The van der Waals surface area contributed by atoms with Gasteiger partial charge in [0.2, 0.25) is 5.91 Å². The third-order valence-electron chi connectivity index (χ3n) is 8.32. The maximum atomic E-state index is 13.3. The van der Waals surface area contributed by atoms with Crippen molar-refractivity contribution in [2.45, 2.75) is 77.0 Å². The molecule has 1 aliphatic carbocycles. The number of fused-ring (bicyclic) bond motifs is 1. The zero-order valence-corrected chi connectivity index (χ0v) is 25.3. The number of nitrogens with zero attached hydrogens (tertiary/aromatic N) is 2. The molecule has 200 valence electrons. The third-order valence-corrected chi connectivity index (χ3v) is 9.83. The van der Waals surface area contributed by atoms with Crippen LogP contribution < -0.4 is 5.32 Å². The molecule has 0 bridgehead atoms. The summed E-state index contributed by atoms with van der Waals surface area (Å²) in [6.07, 6.45) is 4.17. The number of rotatable bonds is 4. The lowest BCUT2D eigenvalue weighted by atomic mass is 9.63. The van der Waals surface area contributed by atoms with Crippen LogP contribution in [0.25, 0.3) is 11.3 Å². The number of likely N-dealkylation sites (tertiary alicyclic amines) is 1. The highest BCUT2D eigenvalue weighted by Crippen LogP contribution is 2.47. The minimum Gasteiger partial charge on any atom is -0.339 e. The summed E-state index contributed by atoms with van der Waals surface area (Å²) in [7, 11) is 0. The second-order valence-corrected chi connectivity index (χ2v) is 13.8. The maximum absolute atomic E-state index is 13.3. The summed E-state index contributed by atoms with van der Waals surface area (Å²) in [5.41, 5.74) is 6.63. The van der Waals surface area contributed by atoms with Gasteiger partial charge in [-0.1, -0.05) is 55.8 Å². The molecule has 1 N–H and O–H groups in total. The summed E-state index contributed by atoms with van der Waals surface area (Å²) in [4.78, 5) is 32.0. The van der Waals surface area contributed by atoms with Gasteiger partial charge in [-0.2, -0.15) is 0 Å². The second kappa shape index (κ2) is 10.2. The molecule has 0 spiro atoms. The largest absolute Gasteiger partial charge is 0.339 e. The van der Waals surface area contributed by atoms with E-state index >= 15 is 0 Å². The van der Waals surface area contributed by atoms with Gasteiger partial charge >= 0.3 is 0 Å². The molecule has 1 aliphatic heterocycles. The topological polar surface area (TPSA) is 62.3 Å². The number of amides is 2. The average molecular weight is 595 g/mol. The van der Waals surface area contributed by atoms with E-state index in [1.807, 2.05) is 11.0 Å². The molecular weight excluding hydrogens is 558 g/mol. The highest BCUT2D eigenvalue weighted by molar-refractivity contribution is 9.10. The van der Waals surface area contributed by atoms with Gasteiger partial charge in [0.1, 0.15) is 0 Å². The Labute approximate surface area is 238 Å². The van der Waals surface area contributed by atoms with E-state index in [-0.39, 0.29) is 22.6 Å². The minimum atomic E-state index is -0.189. The van der Waals surface area contributed by atoms with Gasteiger partial charge < -0.3 is 10.2 Å². The second-order valence-electron chi connectivity index (χ2n) is 12.0. The molecule has 38 heavy (non-hydrogen) atoms. The van der Waals surface area contributed by atoms with Crippen molar-refractivity contribution in [1.29, 1.82) is 0 Å². The smallest absolute Gasteiger partial charge is 0.256 e. The van der Waals surface area contributed by atoms with Crippen LogP contribution in [0.2, 0.25) is 0 Å². The first-order valence-corrected chi connectivity index (χ1v) is 15.1. The molecule has 2 amide bonds. The lowest BCUT2D eigenvalue weighted by molar-refractivity contribution is -0.114. The summed E-state index contributed by atoms with van der Waals surface area (Å²) in [5.74, 6) is 0.113. The number of piperidine rings is 1. The fraction of sp³-hybridized carbons (Fsp3) is 0.452. The summed E-state index contributed by atoms with van der Waals surface area (Å²) in [6, 6.07) is 12.3. The number of benzene rings is 2. The van der Waals surface area contributed by atoms with Gasteiger partial charge in [0.15, 0.2) is 0 Å². The van der Waals surface area contributed by atoms with E-state index < -0.39 is 0 Å². The van der Waals surface area contributed by atoms with Crippen molar-refractivity contribution in [2.75, 3.05) is 18.4 Å². The lowest BCUT2D eigenvalue weighted by Gasteiger charge is -2.42. The molecule has 2 heterocycles. The molecule has 1 saturated heterocycles. The molecule has 0 unspecified atom stereocenters. The van der Waals surface area contributed by atoms with E-state index in [0.29, 0.717) is 30.3 Å². The molecule has 2 aromatic carbocycles. The van der Waals surface area contributed by atoms with Gasteiger partial charge in [-0.05, 0) is 71.9 Å². The van der Waals surface area contributed by atoms with Crippen LogP contribution in [0, 0.1) is 0 Å². The summed E-state index contributed by atoms with van der Waals surface area (Å²) < 4.78 is 0.814. The Balaban J connectivity index is 1.30. The molecule has 1 aromatic heterocycles. The summed E-state index contributed by atoms with van der Waals surface area (Å²) in [5, 5.41) is 6.14. The summed E-state index contributed by atoms with van der Waals surface area (Å²) >= 11 is 5.20. The van der Waals surface area contributed by atoms with Crippen molar-refractivity contribution in [1.82, 2.24) is 9.88 Å². The molecule has 5 rings (SSSR count). The third kappa shape index (κ3) is 5.32. The van der Waals surface area contributed by atoms with E-state index in [0.717, 1.165) is 28.0 Å². The molecule has 0 saturated carbocycles. The number of aromatic nitrogens is 1. The fourth-order valence-electron chi connectivity index (χ4n) is 5.85. The monoisotopic (exact) mass is 593 g/mol. The van der Waals surface area contributed by atoms with Gasteiger partial charge in [-0.3, -0.25) is 9.59 Å². The SMILES string of the molecule is CC(=O)Nc1ccc(Br)cc1C(=O)N1CCC(c2nc(-c3ccc4c(c3)C(C)(C)CCC4(C)C)cs2)CC1. The Hall–Kier alpha value is -2.51. The normalized spacial score (nSPS) is 18.6. The number of hydrogen-bond acceptors (Lipinski definition) is 4. The van der Waals surface area contributed by atoms with Gasteiger partial charge in [0.25, 0.3) is 5.91 Å². The Morgan fingerprint density at radius 3 is 2.37 bits per heavy atom. The van der Waals surface area contributed by atoms with Gasteiger partial charge in [-0.25, -0.2) is 4.98 Å². The number of halogens is 1. The molecule has 3 aromatic rings. The lowest BCUT2D eigenvalue weighted by Crippen LogP contribution is -2.38. The van der Waals surface area contributed by atoms with E-state index in [4.69, 9.17) is 4.98 Å². The first kappa shape index (κ1) is 27.1. The van der Waals surface area contributed by atoms with E-state index in [2.05, 4.69) is 72.5 Å². The van der Waals surface area contributed by atoms with Crippen molar-refractivity contribution in [3.63, 3.8) is 0 Å². The Morgan fingerprint density at radius 1 is 1.00 bits per heavy atom. The van der Waals surface area contributed by atoms with Crippen LogP contribution in [0.15, 0.2) is 46.3 Å². The standard InChI is InChI=1S/C31H36BrN3O2S/c1-19(36)33-26-9-7-22(32)17-23(26)29(37)35-14-10-20(11-15-35)28-34-27(18-38-28)21-6-8-24-25(16-21)31(4,5)13-12-30(24,2)3/h6-9,16-18,20H,10-15H2,1-5H3,(H,33,36). The van der Waals surface area contributed by atoms with Crippen LogP contribution in [0.3, 0.4) is 0 Å². The van der Waals surface area contributed by atoms with E-state index in [1.54, 1.807) is 23.5 Å². The van der Waals surface area contributed by atoms with Crippen LogP contribution in [-0.2, 0) is 15.6 Å². The van der Waals surface area contributed by atoms with Gasteiger partial charge in [0, 0.05) is 41.3 Å². The quantitative estimate of drug-likeness (QED) is 0.334. The fourth-order valence-corrected chi connectivity index (χ4v) is 7.21. The van der Waals surface area contributed by atoms with Crippen LogP contribution in [0.4, 0.5) is 5.69 Å². The van der Waals surface area contributed by atoms with Crippen molar-refractivity contribution in [3.8, 4) is 11.3 Å². The number of carbonyl (C=O) groups is 2. The minimum absolute atomic E-state index is 0.0482. The molecule has 0 atom stereocenters. The average Bonchev–Trinajstić information content (AvgIpc) is 3.38. The van der Waals surface area contributed by atoms with Gasteiger partial charge in [0.05, 0.1) is 22.0 Å². The number of anilines is 1. The highest BCUT2D eigenvalue weighted by Gasteiger charge is 2.37.